The van der Waals surface area contributed by atoms with Gasteiger partial charge in [-0.05, 0) is 24.3 Å². The monoisotopic (exact) mass is 314 g/mol. The number of nitrogens with two attached hydrogens (primary N) is 1. The Morgan fingerprint density at radius 2 is 2.05 bits per heavy atom. The number of hydrogen-bond donors (Lipinski definition) is 2. The molecule has 0 amide bonds. The summed E-state index contributed by atoms with van der Waals surface area (Å²) in [5.74, 6) is 0.282. The highest BCUT2D eigenvalue weighted by Gasteiger charge is 2.30. The number of hydrogen-bond acceptors (Lipinski definition) is 4. The van der Waals surface area contributed by atoms with Crippen molar-refractivity contribution in [1.29, 1.82) is 0 Å². The van der Waals surface area contributed by atoms with Crippen molar-refractivity contribution in [1.82, 2.24) is 14.8 Å². The highest BCUT2D eigenvalue weighted by atomic mass is 19.4. The smallest absolute Gasteiger partial charge is 0.406 e. The first-order valence-electron chi connectivity index (χ1n) is 6.09. The first kappa shape index (κ1) is 15.6. The molecule has 2 rings (SSSR count). The van der Waals surface area contributed by atoms with Crippen molar-refractivity contribution in [3.05, 3.63) is 36.4 Å². The van der Waals surface area contributed by atoms with E-state index in [0.717, 1.165) is 0 Å². The first-order valence-corrected chi connectivity index (χ1v) is 6.09. The minimum absolute atomic E-state index is 0.0944. The molecular formula is C12H13F3N6O. The summed E-state index contributed by atoms with van der Waals surface area (Å²) in [6.45, 7) is 0.189. The molecule has 0 spiro atoms. The van der Waals surface area contributed by atoms with Crippen LogP contribution in [0.1, 0.15) is 5.82 Å². The second-order valence-electron chi connectivity index (χ2n) is 4.23. The second-order valence-corrected chi connectivity index (χ2v) is 4.23. The van der Waals surface area contributed by atoms with Gasteiger partial charge in [-0.2, -0.15) is 5.10 Å². The van der Waals surface area contributed by atoms with Crippen LogP contribution in [-0.2, 0) is 13.6 Å². The number of nitrogens with one attached hydrogen (secondary N) is 1. The third kappa shape index (κ3) is 4.96. The van der Waals surface area contributed by atoms with E-state index in [-0.39, 0.29) is 18.3 Å². The zero-order valence-electron chi connectivity index (χ0n) is 11.5. The highest BCUT2D eigenvalue weighted by Crippen LogP contribution is 2.23. The lowest BCUT2D eigenvalue weighted by Gasteiger charge is -2.10. The van der Waals surface area contributed by atoms with Gasteiger partial charge in [-0.15, -0.1) is 13.2 Å². The molecular weight excluding hydrogens is 301 g/mol. The van der Waals surface area contributed by atoms with Gasteiger partial charge in [-0.1, -0.05) is 0 Å². The Hall–Kier alpha value is -2.78. The van der Waals surface area contributed by atoms with Gasteiger partial charge in [0.1, 0.15) is 18.6 Å². The van der Waals surface area contributed by atoms with Crippen molar-refractivity contribution < 1.29 is 17.9 Å². The van der Waals surface area contributed by atoms with Crippen LogP contribution in [0, 0.1) is 0 Å². The minimum atomic E-state index is -4.72. The predicted octanol–water partition coefficient (Wildman–Crippen LogP) is 1.64. The van der Waals surface area contributed by atoms with Gasteiger partial charge >= 0.3 is 6.36 Å². The molecule has 7 nitrogen and oxygen atoms in total. The lowest BCUT2D eigenvalue weighted by atomic mass is 10.3. The van der Waals surface area contributed by atoms with Gasteiger partial charge in [0, 0.05) is 12.7 Å². The fraction of sp³-hybridized carbons (Fsp3) is 0.250. The molecule has 1 aromatic heterocycles. The molecule has 0 bridgehead atoms. The van der Waals surface area contributed by atoms with Crippen molar-refractivity contribution >= 4 is 11.6 Å². The summed E-state index contributed by atoms with van der Waals surface area (Å²) in [7, 11) is 1.73. The first-order chi connectivity index (χ1) is 10.3. The zero-order valence-corrected chi connectivity index (χ0v) is 11.5. The van der Waals surface area contributed by atoms with Gasteiger partial charge in [0.15, 0.2) is 11.8 Å². The SMILES string of the molecule is Cn1cnc(CN=C(N)Nc2ccc(OC(F)(F)F)cc2)n1. The molecule has 0 saturated heterocycles. The summed E-state index contributed by atoms with van der Waals surface area (Å²) in [6, 6.07) is 5.12. The third-order valence-electron chi connectivity index (χ3n) is 2.40. The van der Waals surface area contributed by atoms with E-state index in [9.17, 15) is 13.2 Å². The molecule has 0 fully saturated rings. The van der Waals surface area contributed by atoms with E-state index in [0.29, 0.717) is 11.5 Å². The fourth-order valence-corrected chi connectivity index (χ4v) is 1.54. The van der Waals surface area contributed by atoms with Crippen LogP contribution in [0.4, 0.5) is 18.9 Å². The summed E-state index contributed by atoms with van der Waals surface area (Å²) < 4.78 is 41.4. The maximum Gasteiger partial charge on any atom is 0.573 e. The maximum atomic E-state index is 12.0. The number of guanidine groups is 1. The highest BCUT2D eigenvalue weighted by molar-refractivity contribution is 5.92. The third-order valence-corrected chi connectivity index (χ3v) is 2.40. The molecule has 0 unspecified atom stereocenters. The molecule has 10 heteroatoms. The minimum Gasteiger partial charge on any atom is -0.406 e. The van der Waals surface area contributed by atoms with Gasteiger partial charge < -0.3 is 15.8 Å². The van der Waals surface area contributed by atoms with Crippen LogP contribution in [0.15, 0.2) is 35.6 Å². The van der Waals surface area contributed by atoms with Crippen molar-refractivity contribution in [2.24, 2.45) is 17.8 Å². The van der Waals surface area contributed by atoms with E-state index in [1.165, 1.54) is 35.3 Å². The number of nitrogens with zero attached hydrogens (tertiary/aromatic N) is 4. The Kier molecular flexibility index (Phi) is 4.49. The maximum absolute atomic E-state index is 12.0. The molecule has 0 radical (unpaired) electrons. The summed E-state index contributed by atoms with van der Waals surface area (Å²) >= 11 is 0. The lowest BCUT2D eigenvalue weighted by molar-refractivity contribution is -0.274. The standard InChI is InChI=1S/C12H13F3N6O/c1-21-7-18-10(20-21)6-17-11(16)19-8-2-4-9(5-3-8)22-12(13,14)15/h2-5,7H,6H2,1H3,(H3,16,17,19). The van der Waals surface area contributed by atoms with Crippen LogP contribution >= 0.6 is 0 Å². The molecule has 3 N–H and O–H groups in total. The topological polar surface area (TPSA) is 90.4 Å². The quantitative estimate of drug-likeness (QED) is 0.661. The van der Waals surface area contributed by atoms with Crippen LogP contribution in [0.2, 0.25) is 0 Å². The van der Waals surface area contributed by atoms with Crippen molar-refractivity contribution in [2.45, 2.75) is 12.9 Å². The molecule has 0 saturated carbocycles. The Morgan fingerprint density at radius 1 is 1.36 bits per heavy atom. The van der Waals surface area contributed by atoms with Crippen molar-refractivity contribution in [2.75, 3.05) is 5.32 Å². The zero-order chi connectivity index (χ0) is 16.2. The predicted molar refractivity (Wildman–Crippen MR) is 73.1 cm³/mol. The molecule has 118 valence electrons. The van der Waals surface area contributed by atoms with Crippen LogP contribution < -0.4 is 15.8 Å². The van der Waals surface area contributed by atoms with Crippen LogP contribution in [-0.4, -0.2) is 27.1 Å². The van der Waals surface area contributed by atoms with Crippen LogP contribution in [0.5, 0.6) is 5.75 Å². The van der Waals surface area contributed by atoms with Crippen LogP contribution in [0.3, 0.4) is 0 Å². The Morgan fingerprint density at radius 3 is 2.59 bits per heavy atom. The molecule has 2 aromatic rings. The van der Waals surface area contributed by atoms with Gasteiger partial charge in [-0.25, -0.2) is 9.98 Å². The van der Waals surface area contributed by atoms with Gasteiger partial charge in [-0.3, -0.25) is 4.68 Å². The summed E-state index contributed by atoms with van der Waals surface area (Å²) in [6.07, 6.45) is -3.18. The Balaban J connectivity index is 1.92. The lowest BCUT2D eigenvalue weighted by Crippen LogP contribution is -2.22. The van der Waals surface area contributed by atoms with Crippen molar-refractivity contribution in [3.63, 3.8) is 0 Å². The molecule has 1 aromatic carbocycles. The van der Waals surface area contributed by atoms with E-state index < -0.39 is 6.36 Å². The normalized spacial score (nSPS) is 12.3. The average Bonchev–Trinajstić information content (AvgIpc) is 2.83. The van der Waals surface area contributed by atoms with Crippen LogP contribution in [0.25, 0.3) is 0 Å². The Bertz CT molecular complexity index is 650. The van der Waals surface area contributed by atoms with E-state index >= 15 is 0 Å². The van der Waals surface area contributed by atoms with E-state index in [1.807, 2.05) is 0 Å². The number of ether oxygens (including phenoxy) is 1. The largest absolute Gasteiger partial charge is 0.573 e. The summed E-state index contributed by atoms with van der Waals surface area (Å²) in [5, 5.41) is 6.77. The summed E-state index contributed by atoms with van der Waals surface area (Å²) in [5.41, 5.74) is 6.14. The van der Waals surface area contributed by atoms with E-state index in [1.54, 1.807) is 7.05 Å². The number of alkyl halides is 3. The molecule has 0 aliphatic heterocycles. The molecule has 1 heterocycles. The number of benzene rings is 1. The van der Waals surface area contributed by atoms with E-state index in [4.69, 9.17) is 5.73 Å². The van der Waals surface area contributed by atoms with Gasteiger partial charge in [0.2, 0.25) is 0 Å². The van der Waals surface area contributed by atoms with Gasteiger partial charge in [0.25, 0.3) is 0 Å². The fourth-order valence-electron chi connectivity index (χ4n) is 1.54. The molecule has 22 heavy (non-hydrogen) atoms. The Labute approximate surface area is 123 Å². The van der Waals surface area contributed by atoms with Crippen molar-refractivity contribution in [3.8, 4) is 5.75 Å². The number of anilines is 1. The molecule has 0 atom stereocenters. The summed E-state index contributed by atoms with van der Waals surface area (Å²) in [4.78, 5) is 8.00. The molecule has 0 aliphatic carbocycles. The number of halogens is 3. The van der Waals surface area contributed by atoms with Gasteiger partial charge in [0.05, 0.1) is 0 Å². The average molecular weight is 314 g/mol. The number of aromatic nitrogens is 3. The number of rotatable bonds is 4. The molecule has 0 aliphatic rings. The number of aryl methyl sites for hydroxylation is 1. The number of aliphatic imine (C=N–C) groups is 1. The van der Waals surface area contributed by atoms with E-state index in [2.05, 4.69) is 25.1 Å². The second kappa shape index (κ2) is 6.33.